The van der Waals surface area contributed by atoms with Gasteiger partial charge in [-0.15, -0.1) is 0 Å². The second-order valence-electron chi connectivity index (χ2n) is 5.19. The summed E-state index contributed by atoms with van der Waals surface area (Å²) in [4.78, 5) is 14.0. The quantitative estimate of drug-likeness (QED) is 0.732. The fourth-order valence-corrected chi connectivity index (χ4v) is 2.28. The molecule has 0 saturated heterocycles. The van der Waals surface area contributed by atoms with Crippen molar-refractivity contribution in [2.24, 2.45) is 17.6 Å². The third-order valence-corrected chi connectivity index (χ3v) is 3.49. The minimum atomic E-state index is 0.0194. The summed E-state index contributed by atoms with van der Waals surface area (Å²) in [5.74, 6) is 0.630. The van der Waals surface area contributed by atoms with Crippen LogP contribution < -0.4 is 11.1 Å². The first kappa shape index (κ1) is 13.5. The van der Waals surface area contributed by atoms with Gasteiger partial charge in [0.1, 0.15) is 0 Å². The van der Waals surface area contributed by atoms with Crippen molar-refractivity contribution in [2.75, 3.05) is 27.2 Å². The highest BCUT2D eigenvalue weighted by molar-refractivity contribution is 5.79. The lowest BCUT2D eigenvalue weighted by Gasteiger charge is -2.32. The topological polar surface area (TPSA) is 58.4 Å². The molecule has 0 aromatic heterocycles. The van der Waals surface area contributed by atoms with Gasteiger partial charge >= 0.3 is 0 Å². The molecule has 1 fully saturated rings. The van der Waals surface area contributed by atoms with E-state index in [1.165, 1.54) is 0 Å². The maximum Gasteiger partial charge on any atom is 0.224 e. The molecule has 1 saturated carbocycles. The summed E-state index contributed by atoms with van der Waals surface area (Å²) in [5, 5.41) is 2.97. The van der Waals surface area contributed by atoms with Crippen LogP contribution in [0.2, 0.25) is 0 Å². The SMILES string of the molecule is CC1CCCC(C(=O)NCCN(C)C)C1N. The third kappa shape index (κ3) is 3.76. The molecule has 0 bridgehead atoms. The Morgan fingerprint density at radius 3 is 2.75 bits per heavy atom. The zero-order valence-corrected chi connectivity index (χ0v) is 10.7. The minimum absolute atomic E-state index is 0.0194. The van der Waals surface area contributed by atoms with Crippen LogP contribution in [-0.2, 0) is 4.79 Å². The monoisotopic (exact) mass is 227 g/mol. The summed E-state index contributed by atoms with van der Waals surface area (Å²) in [6.45, 7) is 3.73. The van der Waals surface area contributed by atoms with Gasteiger partial charge in [-0.25, -0.2) is 0 Å². The Morgan fingerprint density at radius 1 is 1.44 bits per heavy atom. The van der Waals surface area contributed by atoms with Gasteiger partial charge in [-0.3, -0.25) is 4.79 Å². The Kier molecular flexibility index (Phi) is 5.22. The van der Waals surface area contributed by atoms with Crippen LogP contribution in [0.25, 0.3) is 0 Å². The van der Waals surface area contributed by atoms with E-state index >= 15 is 0 Å². The van der Waals surface area contributed by atoms with Gasteiger partial charge in [-0.05, 0) is 32.9 Å². The fourth-order valence-electron chi connectivity index (χ4n) is 2.28. The molecule has 4 heteroatoms. The van der Waals surface area contributed by atoms with Crippen LogP contribution >= 0.6 is 0 Å². The second-order valence-corrected chi connectivity index (χ2v) is 5.19. The van der Waals surface area contributed by atoms with Gasteiger partial charge < -0.3 is 16.0 Å². The molecular weight excluding hydrogens is 202 g/mol. The first-order valence-corrected chi connectivity index (χ1v) is 6.20. The molecule has 1 aliphatic carbocycles. The summed E-state index contributed by atoms with van der Waals surface area (Å²) < 4.78 is 0. The van der Waals surface area contributed by atoms with Gasteiger partial charge in [0.25, 0.3) is 0 Å². The number of amides is 1. The summed E-state index contributed by atoms with van der Waals surface area (Å²) in [7, 11) is 4.00. The van der Waals surface area contributed by atoms with Gasteiger partial charge in [0.15, 0.2) is 0 Å². The van der Waals surface area contributed by atoms with Crippen LogP contribution in [0.4, 0.5) is 0 Å². The molecule has 0 aliphatic heterocycles. The molecule has 0 aromatic rings. The lowest BCUT2D eigenvalue weighted by molar-refractivity contribution is -0.127. The maximum atomic E-state index is 11.9. The van der Waals surface area contributed by atoms with Crippen LogP contribution in [0.5, 0.6) is 0 Å². The number of rotatable bonds is 4. The predicted octanol–water partition coefficient (Wildman–Crippen LogP) is 0.428. The highest BCUT2D eigenvalue weighted by atomic mass is 16.1. The smallest absolute Gasteiger partial charge is 0.224 e. The Balaban J connectivity index is 2.35. The Bertz CT molecular complexity index is 230. The van der Waals surface area contributed by atoms with Crippen LogP contribution in [0.1, 0.15) is 26.2 Å². The molecule has 3 atom stereocenters. The standard InChI is InChI=1S/C12H25N3O/c1-9-5-4-6-10(11(9)13)12(16)14-7-8-15(2)3/h9-11H,4-8,13H2,1-3H3,(H,14,16). The second kappa shape index (κ2) is 6.21. The van der Waals surface area contributed by atoms with Gasteiger partial charge in [-0.1, -0.05) is 13.3 Å². The molecule has 0 radical (unpaired) electrons. The lowest BCUT2D eigenvalue weighted by Crippen LogP contribution is -2.48. The van der Waals surface area contributed by atoms with E-state index in [0.29, 0.717) is 12.5 Å². The number of nitrogens with zero attached hydrogens (tertiary/aromatic N) is 1. The fraction of sp³-hybridized carbons (Fsp3) is 0.917. The predicted molar refractivity (Wildman–Crippen MR) is 66.0 cm³/mol. The molecule has 3 unspecified atom stereocenters. The first-order chi connectivity index (χ1) is 7.52. The van der Waals surface area contributed by atoms with Crippen LogP contribution in [0.15, 0.2) is 0 Å². The summed E-state index contributed by atoms with van der Waals surface area (Å²) in [5.41, 5.74) is 6.08. The number of carbonyl (C=O) groups excluding carboxylic acids is 1. The molecule has 94 valence electrons. The van der Waals surface area contributed by atoms with Gasteiger partial charge in [0.05, 0.1) is 5.92 Å². The molecule has 0 spiro atoms. The van der Waals surface area contributed by atoms with Crippen molar-refractivity contribution in [1.82, 2.24) is 10.2 Å². The van der Waals surface area contributed by atoms with Crippen LogP contribution in [0.3, 0.4) is 0 Å². The van der Waals surface area contributed by atoms with Crippen molar-refractivity contribution in [3.05, 3.63) is 0 Å². The molecule has 0 heterocycles. The summed E-state index contributed by atoms with van der Waals surface area (Å²) >= 11 is 0. The normalized spacial score (nSPS) is 30.4. The van der Waals surface area contributed by atoms with E-state index < -0.39 is 0 Å². The molecule has 4 nitrogen and oxygen atoms in total. The zero-order chi connectivity index (χ0) is 12.1. The van der Waals surface area contributed by atoms with Crippen molar-refractivity contribution in [1.29, 1.82) is 0 Å². The highest BCUT2D eigenvalue weighted by Crippen LogP contribution is 2.27. The van der Waals surface area contributed by atoms with E-state index in [4.69, 9.17) is 5.73 Å². The Morgan fingerprint density at radius 2 is 2.12 bits per heavy atom. The number of likely N-dealkylation sites (N-methyl/N-ethyl adjacent to an activating group) is 1. The van der Waals surface area contributed by atoms with Gasteiger partial charge in [0, 0.05) is 19.1 Å². The maximum absolute atomic E-state index is 11.9. The van der Waals surface area contributed by atoms with E-state index in [9.17, 15) is 4.79 Å². The van der Waals surface area contributed by atoms with E-state index in [-0.39, 0.29) is 17.9 Å². The number of nitrogens with two attached hydrogens (primary N) is 1. The van der Waals surface area contributed by atoms with Gasteiger partial charge in [-0.2, -0.15) is 0 Å². The molecule has 3 N–H and O–H groups in total. The Hall–Kier alpha value is -0.610. The van der Waals surface area contributed by atoms with Crippen molar-refractivity contribution in [3.8, 4) is 0 Å². The lowest BCUT2D eigenvalue weighted by atomic mass is 9.78. The molecule has 0 aromatic carbocycles. The average Bonchev–Trinajstić information content (AvgIpc) is 2.21. The molecule has 1 aliphatic rings. The number of hydrogen-bond acceptors (Lipinski definition) is 3. The molecule has 16 heavy (non-hydrogen) atoms. The van der Waals surface area contributed by atoms with E-state index in [1.54, 1.807) is 0 Å². The number of hydrogen-bond donors (Lipinski definition) is 2. The zero-order valence-electron chi connectivity index (χ0n) is 10.7. The van der Waals surface area contributed by atoms with E-state index in [2.05, 4.69) is 17.1 Å². The molecular formula is C12H25N3O. The van der Waals surface area contributed by atoms with Crippen LogP contribution in [-0.4, -0.2) is 44.0 Å². The number of carbonyl (C=O) groups is 1. The van der Waals surface area contributed by atoms with E-state index in [1.807, 2.05) is 14.1 Å². The van der Waals surface area contributed by atoms with Crippen molar-refractivity contribution in [3.63, 3.8) is 0 Å². The molecule has 1 amide bonds. The minimum Gasteiger partial charge on any atom is -0.355 e. The number of nitrogens with one attached hydrogen (secondary N) is 1. The largest absolute Gasteiger partial charge is 0.355 e. The van der Waals surface area contributed by atoms with Crippen LogP contribution in [0, 0.1) is 11.8 Å². The van der Waals surface area contributed by atoms with Crippen molar-refractivity contribution < 1.29 is 4.79 Å². The first-order valence-electron chi connectivity index (χ1n) is 6.20. The van der Waals surface area contributed by atoms with Crippen molar-refractivity contribution in [2.45, 2.75) is 32.2 Å². The average molecular weight is 227 g/mol. The highest BCUT2D eigenvalue weighted by Gasteiger charge is 2.32. The summed E-state index contributed by atoms with van der Waals surface area (Å²) in [6.07, 6.45) is 3.22. The Labute approximate surface area is 98.6 Å². The molecule has 1 rings (SSSR count). The van der Waals surface area contributed by atoms with Gasteiger partial charge in [0.2, 0.25) is 5.91 Å². The third-order valence-electron chi connectivity index (χ3n) is 3.49. The summed E-state index contributed by atoms with van der Waals surface area (Å²) in [6, 6.07) is 0.0353. The van der Waals surface area contributed by atoms with E-state index in [0.717, 1.165) is 25.8 Å². The van der Waals surface area contributed by atoms with Crippen molar-refractivity contribution >= 4 is 5.91 Å².